The lowest BCUT2D eigenvalue weighted by molar-refractivity contribution is -0.331. The van der Waals surface area contributed by atoms with E-state index in [1.165, 1.54) is 115 Å². The zero-order valence-corrected chi connectivity index (χ0v) is 41.5. The third-order valence-corrected chi connectivity index (χ3v) is 13.7. The molecule has 67 heavy (non-hydrogen) atoms. The molecule has 2 aliphatic rings. The Hall–Kier alpha value is -1.35. The van der Waals surface area contributed by atoms with Gasteiger partial charge in [-0.15, -0.1) is 0 Å². The lowest BCUT2D eigenvalue weighted by Crippen LogP contribution is -2.62. The van der Waals surface area contributed by atoms with Crippen molar-refractivity contribution in [1.82, 2.24) is 5.32 Å². The molecule has 0 aliphatic carbocycles. The summed E-state index contributed by atoms with van der Waals surface area (Å²) in [6.07, 6.45) is 13.0. The Bertz CT molecular complexity index is 1230. The second-order valence-corrected chi connectivity index (χ2v) is 19.6. The molecule has 2 saturated heterocycles. The van der Waals surface area contributed by atoms with Gasteiger partial charge in [0, 0.05) is 0 Å². The number of amides is 1. The van der Waals surface area contributed by atoms with Gasteiger partial charge in [-0.2, -0.15) is 0 Å². The van der Waals surface area contributed by atoms with Gasteiger partial charge in [0.25, 0.3) is 0 Å². The van der Waals surface area contributed by atoms with Crippen molar-refractivity contribution in [2.24, 2.45) is 5.92 Å². The molecule has 0 spiro atoms. The molecule has 2 rings (SSSR count). The predicted octanol–water partition coefficient (Wildman–Crippen LogP) is 4.96. The van der Waals surface area contributed by atoms with Gasteiger partial charge < -0.3 is 75.3 Å². The maximum absolute atomic E-state index is 13.3. The fourth-order valence-corrected chi connectivity index (χ4v) is 8.74. The first-order valence-corrected chi connectivity index (χ1v) is 26.5. The predicted molar refractivity (Wildman–Crippen MR) is 257 cm³/mol. The molecule has 16 heteroatoms. The Morgan fingerprint density at radius 2 is 1.03 bits per heavy atom. The molecule has 11 N–H and O–H groups in total. The molecule has 0 aromatic carbocycles. The molecule has 2 fully saturated rings. The highest BCUT2D eigenvalue weighted by molar-refractivity contribution is 5.80. The molecule has 1 amide bonds. The van der Waals surface area contributed by atoms with Crippen LogP contribution in [0.15, 0.2) is 12.2 Å². The van der Waals surface area contributed by atoms with Crippen LogP contribution < -0.4 is 5.32 Å². The van der Waals surface area contributed by atoms with Crippen molar-refractivity contribution < 1.29 is 74.8 Å². The molecule has 0 bridgehead atoms. The van der Waals surface area contributed by atoms with E-state index in [2.05, 4.69) is 26.1 Å². The molecule has 2 heterocycles. The van der Waals surface area contributed by atoms with Crippen molar-refractivity contribution in [3.63, 3.8) is 0 Å². The second-order valence-electron chi connectivity index (χ2n) is 19.6. The van der Waals surface area contributed by atoms with E-state index in [9.17, 15) is 55.9 Å². The summed E-state index contributed by atoms with van der Waals surface area (Å²) in [5.74, 6) is -0.0202. The maximum atomic E-state index is 13.3. The summed E-state index contributed by atoms with van der Waals surface area (Å²) in [5, 5.41) is 108. The fourth-order valence-electron chi connectivity index (χ4n) is 8.74. The van der Waals surface area contributed by atoms with Crippen LogP contribution in [0.3, 0.4) is 0 Å². The van der Waals surface area contributed by atoms with Gasteiger partial charge in [0.2, 0.25) is 5.91 Å². The molecule has 15 atom stereocenters. The number of hydrogen-bond donors (Lipinski definition) is 11. The normalized spacial score (nSPS) is 28.1. The first-order valence-electron chi connectivity index (χ1n) is 26.5. The summed E-state index contributed by atoms with van der Waals surface area (Å²) in [6, 6.07) is -1.32. The summed E-state index contributed by atoms with van der Waals surface area (Å²) < 4.78 is 22.3. The number of rotatable bonds is 40. The summed E-state index contributed by atoms with van der Waals surface area (Å²) >= 11 is 0. The van der Waals surface area contributed by atoms with Crippen molar-refractivity contribution in [1.29, 1.82) is 0 Å². The highest BCUT2D eigenvalue weighted by Gasteiger charge is 2.48. The Kier molecular flexibility index (Phi) is 34.5. The quantitative estimate of drug-likeness (QED) is 0.0286. The zero-order valence-electron chi connectivity index (χ0n) is 41.5. The summed E-state index contributed by atoms with van der Waals surface area (Å²) in [4.78, 5) is 13.3. The third kappa shape index (κ3) is 25.0. The van der Waals surface area contributed by atoms with Crippen molar-refractivity contribution in [2.75, 3.05) is 19.8 Å². The largest absolute Gasteiger partial charge is 0.394 e. The van der Waals surface area contributed by atoms with Gasteiger partial charge in [0.1, 0.15) is 67.1 Å². The number of carbonyl (C=O) groups is 1. The van der Waals surface area contributed by atoms with E-state index in [1.54, 1.807) is 6.08 Å². The number of carbonyl (C=O) groups excluding carboxylic acids is 1. The topological polar surface area (TPSA) is 268 Å². The van der Waals surface area contributed by atoms with Crippen LogP contribution in [0.5, 0.6) is 0 Å². The summed E-state index contributed by atoms with van der Waals surface area (Å²) in [5.41, 5.74) is 0. The Morgan fingerprint density at radius 3 is 1.54 bits per heavy atom. The number of nitrogens with one attached hydrogen (secondary N) is 1. The molecule has 16 nitrogen and oxygen atoms in total. The van der Waals surface area contributed by atoms with E-state index in [-0.39, 0.29) is 6.42 Å². The lowest BCUT2D eigenvalue weighted by Gasteiger charge is -2.43. The van der Waals surface area contributed by atoms with E-state index in [4.69, 9.17) is 18.9 Å². The van der Waals surface area contributed by atoms with Crippen molar-refractivity contribution in [3.8, 4) is 0 Å². The van der Waals surface area contributed by atoms with E-state index in [1.807, 2.05) is 0 Å². The number of unbranched alkanes of at least 4 members (excludes halogenated alkanes) is 22. The molecule has 0 aromatic heterocycles. The number of aliphatic hydroxyl groups is 10. The summed E-state index contributed by atoms with van der Waals surface area (Å²) in [7, 11) is 0. The van der Waals surface area contributed by atoms with Gasteiger partial charge in [-0.3, -0.25) is 4.79 Å². The third-order valence-electron chi connectivity index (χ3n) is 13.7. The van der Waals surface area contributed by atoms with Gasteiger partial charge >= 0.3 is 0 Å². The summed E-state index contributed by atoms with van der Waals surface area (Å²) in [6.45, 7) is 4.91. The van der Waals surface area contributed by atoms with E-state index >= 15 is 0 Å². The van der Waals surface area contributed by atoms with Crippen LogP contribution in [-0.4, -0.2) is 163 Å². The van der Waals surface area contributed by atoms with Crippen molar-refractivity contribution in [2.45, 2.75) is 280 Å². The van der Waals surface area contributed by atoms with E-state index in [0.717, 1.165) is 50.9 Å². The average molecular weight is 964 g/mol. The van der Waals surface area contributed by atoms with Crippen LogP contribution in [0.4, 0.5) is 0 Å². The van der Waals surface area contributed by atoms with Gasteiger partial charge in [0.15, 0.2) is 12.6 Å². The monoisotopic (exact) mass is 964 g/mol. The SMILES string of the molecule is CCCCCCCCCCCCCCCCCCC[C@@H](O)C(=O)N[C@@H](CO[C@@H]1O[C@H](CO[C@H]2O[C@H](CO)[C@H](O)[C@H](O)[C@H]2O)[C@@H](O)[C@H](O)[C@H]1O)[C@H](O)[C@H](O)/C=C/CCCCCCCCC(C)CC. The highest BCUT2D eigenvalue weighted by Crippen LogP contribution is 2.27. The first-order chi connectivity index (χ1) is 32.3. The smallest absolute Gasteiger partial charge is 0.249 e. The first kappa shape index (κ1) is 61.8. The minimum absolute atomic E-state index is 0.194. The molecule has 1 unspecified atom stereocenters. The average Bonchev–Trinajstić information content (AvgIpc) is 3.32. The van der Waals surface area contributed by atoms with E-state index in [0.29, 0.717) is 12.8 Å². The maximum Gasteiger partial charge on any atom is 0.249 e. The van der Waals surface area contributed by atoms with Gasteiger partial charge in [-0.1, -0.05) is 187 Å². The second kappa shape index (κ2) is 37.4. The van der Waals surface area contributed by atoms with Crippen LogP contribution in [0.2, 0.25) is 0 Å². The minimum atomic E-state index is -1.83. The Morgan fingerprint density at radius 1 is 0.582 bits per heavy atom. The van der Waals surface area contributed by atoms with E-state index < -0.39 is 111 Å². The Labute approximate surface area is 402 Å². The Balaban J connectivity index is 1.90. The molecule has 396 valence electrons. The van der Waals surface area contributed by atoms with Crippen LogP contribution in [0.25, 0.3) is 0 Å². The van der Waals surface area contributed by atoms with Gasteiger partial charge in [-0.25, -0.2) is 0 Å². The van der Waals surface area contributed by atoms with Crippen LogP contribution >= 0.6 is 0 Å². The zero-order chi connectivity index (χ0) is 49.4. The standard InChI is InChI=1S/C51H97NO15/c1-4-6-7-8-9-10-11-12-13-14-15-16-17-18-23-26-29-32-39(55)49(63)52-37(42(56)38(54)31-28-25-22-20-19-21-24-27-30-36(3)5-2)34-64-50-48(62)46(60)44(58)41(67-50)35-65-51-47(61)45(59)43(57)40(33-53)66-51/h28,31,36-48,50-51,53-62H,4-27,29-30,32-35H2,1-3H3,(H,52,63)/b31-28+/t36?,37-,38+,39+,40+,41+,42-,43-,44+,45-,46-,47+,48+,50+,51-/m0/s1. The molecule has 2 aliphatic heterocycles. The molecule has 0 aromatic rings. The molecular formula is C51H97NO15. The number of ether oxygens (including phenoxy) is 4. The number of aliphatic hydroxyl groups excluding tert-OH is 10. The van der Waals surface area contributed by atoms with Crippen molar-refractivity contribution >= 4 is 5.91 Å². The molecule has 0 radical (unpaired) electrons. The highest BCUT2D eigenvalue weighted by atomic mass is 16.7. The van der Waals surface area contributed by atoms with Gasteiger partial charge in [0.05, 0.1) is 25.9 Å². The molecular weight excluding hydrogens is 867 g/mol. The fraction of sp³-hybridized carbons (Fsp3) is 0.941. The van der Waals surface area contributed by atoms with Crippen LogP contribution in [0, 0.1) is 5.92 Å². The number of hydrogen-bond acceptors (Lipinski definition) is 15. The minimum Gasteiger partial charge on any atom is -0.394 e. The lowest BCUT2D eigenvalue weighted by atomic mass is 9.98. The van der Waals surface area contributed by atoms with Crippen LogP contribution in [0.1, 0.15) is 194 Å². The van der Waals surface area contributed by atoms with Crippen LogP contribution in [-0.2, 0) is 23.7 Å². The van der Waals surface area contributed by atoms with Crippen molar-refractivity contribution in [3.05, 3.63) is 12.2 Å². The van der Waals surface area contributed by atoms with Gasteiger partial charge in [-0.05, 0) is 25.2 Å². The molecule has 0 saturated carbocycles. The number of allylic oxidation sites excluding steroid dienone is 1.